The third kappa shape index (κ3) is 5.02. The van der Waals surface area contributed by atoms with Crippen molar-refractivity contribution in [2.75, 3.05) is 0 Å². The molecule has 6 nitrogen and oxygen atoms in total. The van der Waals surface area contributed by atoms with Crippen LogP contribution in [0.25, 0.3) is 0 Å². The van der Waals surface area contributed by atoms with Crippen LogP contribution in [0.4, 0.5) is 0 Å². The quantitative estimate of drug-likeness (QED) is 0.151. The number of nitrogens with zero attached hydrogens (tertiary/aromatic N) is 2. The smallest absolute Gasteiger partial charge is 0.241 e. The van der Waals surface area contributed by atoms with E-state index < -0.39 is 0 Å². The molecule has 0 atom stereocenters. The molecule has 1 aliphatic heterocycles. The molecule has 15 rings (SSSR count). The van der Waals surface area contributed by atoms with Gasteiger partial charge in [-0.25, -0.2) is 0 Å². The molecule has 8 aromatic rings. The predicted molar refractivity (Wildman–Crippen MR) is 231 cm³/mol. The van der Waals surface area contributed by atoms with Crippen LogP contribution in [-0.4, -0.2) is 9.97 Å². The van der Waals surface area contributed by atoms with Gasteiger partial charge in [0.05, 0.1) is 0 Å². The zero-order valence-corrected chi connectivity index (χ0v) is 34.1. The minimum absolute atomic E-state index is 0.00968. The summed E-state index contributed by atoms with van der Waals surface area (Å²) in [5.41, 5.74) is 14.3. The monoisotopic (exact) mass is 858 g/mol. The summed E-state index contributed by atoms with van der Waals surface area (Å²) >= 11 is 27.1. The van der Waals surface area contributed by atoms with Crippen molar-refractivity contribution in [1.29, 1.82) is 0 Å². The van der Waals surface area contributed by atoms with Crippen molar-refractivity contribution in [2.24, 2.45) is 0 Å². The Bertz CT molecular complexity index is 2850. The van der Waals surface area contributed by atoms with Gasteiger partial charge in [0.2, 0.25) is 23.5 Å². The molecule has 0 unspecified atom stereocenters. The molecule has 0 saturated heterocycles. The molecule has 0 saturated carbocycles. The Kier molecular flexibility index (Phi) is 7.39. The highest BCUT2D eigenvalue weighted by Gasteiger charge is 2.43. The highest BCUT2D eigenvalue weighted by atomic mass is 35.5. The Labute approximate surface area is 363 Å². The highest BCUT2D eigenvalue weighted by Crippen LogP contribution is 2.59. The summed E-state index contributed by atoms with van der Waals surface area (Å²) in [5, 5.41) is 1.04. The van der Waals surface area contributed by atoms with E-state index in [1.54, 1.807) is 12.1 Å². The minimum atomic E-state index is -0.107. The average Bonchev–Trinajstić information content (AvgIpc) is 3.26. The summed E-state index contributed by atoms with van der Waals surface area (Å²) in [5.74, 6) is 2.85. The first-order valence-electron chi connectivity index (χ1n) is 19.5. The van der Waals surface area contributed by atoms with Crippen LogP contribution >= 0.6 is 46.4 Å². The molecule has 2 aromatic heterocycles. The van der Waals surface area contributed by atoms with Gasteiger partial charge in [0.15, 0.2) is 0 Å². The summed E-state index contributed by atoms with van der Waals surface area (Å²) in [6.45, 7) is 0. The number of hydrogen-bond acceptors (Lipinski definition) is 6. The third-order valence-electron chi connectivity index (χ3n) is 12.5. The van der Waals surface area contributed by atoms with Crippen molar-refractivity contribution in [3.8, 4) is 46.5 Å². The average molecular weight is 861 g/mol. The normalized spacial score (nSPS) is 18.9. The summed E-state index contributed by atoms with van der Waals surface area (Å²) in [7, 11) is 0. The Morgan fingerprint density at radius 2 is 0.517 bits per heavy atom. The molecular formula is C50H26Cl4N2O4. The van der Waals surface area contributed by atoms with Crippen LogP contribution in [0, 0.1) is 0 Å². The van der Waals surface area contributed by atoms with Crippen molar-refractivity contribution in [1.82, 2.24) is 9.97 Å². The number of pyridine rings is 2. The minimum Gasteiger partial charge on any atom is -0.437 e. The molecule has 7 aliphatic rings. The molecule has 0 radical (unpaired) electrons. The lowest BCUT2D eigenvalue weighted by molar-refractivity contribution is 0.425. The summed E-state index contributed by atoms with van der Waals surface area (Å²) in [6.07, 6.45) is 0. The molecule has 0 amide bonds. The zero-order chi connectivity index (χ0) is 40.0. The van der Waals surface area contributed by atoms with Crippen molar-refractivity contribution >= 4 is 46.4 Å². The zero-order valence-electron chi connectivity index (χ0n) is 31.1. The number of halogens is 4. The number of benzene rings is 6. The molecule has 3 heterocycles. The summed E-state index contributed by atoms with van der Waals surface area (Å²) in [4.78, 5) is 9.49. The number of ether oxygens (including phenoxy) is 4. The highest BCUT2D eigenvalue weighted by molar-refractivity contribution is 6.36. The number of hydrogen-bond donors (Lipinski definition) is 0. The second-order valence-electron chi connectivity index (χ2n) is 15.7. The summed E-state index contributed by atoms with van der Waals surface area (Å²) < 4.78 is 26.0. The van der Waals surface area contributed by atoms with Gasteiger partial charge in [0.25, 0.3) is 0 Å². The van der Waals surface area contributed by atoms with E-state index >= 15 is 0 Å². The Balaban J connectivity index is 0.996. The maximum atomic E-state index is 6.78. The Hall–Kier alpha value is -6.02. The van der Waals surface area contributed by atoms with E-state index in [0.29, 0.717) is 23.0 Å². The van der Waals surface area contributed by atoms with E-state index in [0.717, 1.165) is 22.3 Å². The molecule has 6 aliphatic carbocycles. The van der Waals surface area contributed by atoms with Crippen LogP contribution in [-0.2, 0) is 0 Å². The molecular weight excluding hydrogens is 834 g/mol. The first-order valence-corrected chi connectivity index (χ1v) is 21.0. The van der Waals surface area contributed by atoms with Crippen molar-refractivity contribution in [2.45, 2.75) is 23.7 Å². The molecule has 0 fully saturated rings. The van der Waals surface area contributed by atoms with Gasteiger partial charge in [-0.1, -0.05) is 119 Å². The van der Waals surface area contributed by atoms with E-state index in [1.807, 2.05) is 24.3 Å². The predicted octanol–water partition coefficient (Wildman–Crippen LogP) is 14.5. The maximum absolute atomic E-state index is 6.78. The number of aromatic nitrogens is 2. The second kappa shape index (κ2) is 12.7. The summed E-state index contributed by atoms with van der Waals surface area (Å²) in [6, 6.07) is 45.1. The largest absolute Gasteiger partial charge is 0.437 e. The van der Waals surface area contributed by atoms with E-state index in [4.69, 9.17) is 75.3 Å². The van der Waals surface area contributed by atoms with Crippen molar-refractivity contribution < 1.29 is 18.9 Å². The van der Waals surface area contributed by atoms with Crippen molar-refractivity contribution in [3.05, 3.63) is 220 Å². The standard InChI is InChI=1S/C50H26Cl4N2O4/c51-39-21-41(53)49-55-47(39)57-23-9-13-31-35(17-23)45-29-7-3-1-5-27(29)43(31)32-14-10-24(18-36(32)45)58-48-40(52)22-42(54)50(56-48)60-26-12-16-34-38(20-26)46-30-8-4-2-6-28(30)44(34)33-15-11-25(59-49)19-37(33)46/h1-22,43-46H. The Morgan fingerprint density at radius 1 is 0.283 bits per heavy atom. The number of fused-ring (bicyclic) bond motifs is 8. The van der Waals surface area contributed by atoms with Crippen molar-refractivity contribution in [3.63, 3.8) is 0 Å². The van der Waals surface area contributed by atoms with E-state index in [-0.39, 0.29) is 67.3 Å². The fourth-order valence-electron chi connectivity index (χ4n) is 10.2. The second-order valence-corrected chi connectivity index (χ2v) is 17.3. The molecule has 60 heavy (non-hydrogen) atoms. The molecule has 6 aromatic carbocycles. The first-order chi connectivity index (χ1) is 29.3. The van der Waals surface area contributed by atoms with Crippen LogP contribution in [0.15, 0.2) is 133 Å². The lowest BCUT2D eigenvalue weighted by Crippen LogP contribution is -2.27. The van der Waals surface area contributed by atoms with Gasteiger partial charge in [-0.05, 0) is 127 Å². The van der Waals surface area contributed by atoms with Gasteiger partial charge >= 0.3 is 0 Å². The molecule has 288 valence electrons. The van der Waals surface area contributed by atoms with E-state index in [9.17, 15) is 0 Å². The van der Waals surface area contributed by atoms with Crippen LogP contribution in [0.1, 0.15) is 90.4 Å². The van der Waals surface area contributed by atoms with Crippen LogP contribution < -0.4 is 18.9 Å². The van der Waals surface area contributed by atoms with Gasteiger partial charge < -0.3 is 18.9 Å². The van der Waals surface area contributed by atoms with Gasteiger partial charge in [-0.15, -0.1) is 0 Å². The number of rotatable bonds is 0. The molecule has 0 N–H and O–H groups in total. The maximum Gasteiger partial charge on any atom is 0.241 e. The van der Waals surface area contributed by atoms with E-state index in [1.165, 1.54) is 44.5 Å². The van der Waals surface area contributed by atoms with Gasteiger partial charge in [-0.3, -0.25) is 0 Å². The molecule has 0 spiro atoms. The SMILES string of the molecule is Clc1cc(Cl)c2nc1Oc1ccc3c(c1)C1c4ccccc4C3c3ccc(cc31)Oc1nc(c(Cl)cc1Cl)Oc1ccc3c(c1)C1c4ccccc4C3c3ccc(cc31)O2. The van der Waals surface area contributed by atoms with Crippen LogP contribution in [0.3, 0.4) is 0 Å². The third-order valence-corrected chi connectivity index (χ3v) is 13.6. The lowest BCUT2D eigenvalue weighted by atomic mass is 9.61. The van der Waals surface area contributed by atoms with Crippen LogP contribution in [0.2, 0.25) is 20.1 Å². The van der Waals surface area contributed by atoms with Gasteiger partial charge in [0.1, 0.15) is 43.1 Å². The first kappa shape index (κ1) is 34.8. The van der Waals surface area contributed by atoms with Gasteiger partial charge in [0, 0.05) is 23.7 Å². The molecule has 16 bridgehead atoms. The topological polar surface area (TPSA) is 62.7 Å². The van der Waals surface area contributed by atoms with Gasteiger partial charge in [-0.2, -0.15) is 9.97 Å². The molecule has 10 heteroatoms. The fraction of sp³-hybridized carbons (Fsp3) is 0.0800. The lowest BCUT2D eigenvalue weighted by Gasteiger charge is -2.42. The Morgan fingerprint density at radius 3 is 0.783 bits per heavy atom. The van der Waals surface area contributed by atoms with Crippen LogP contribution in [0.5, 0.6) is 46.5 Å². The fourth-order valence-corrected chi connectivity index (χ4v) is 11.1. The van der Waals surface area contributed by atoms with E-state index in [2.05, 4.69) is 97.1 Å².